The third-order valence-electron chi connectivity index (χ3n) is 0.923. The summed E-state index contributed by atoms with van der Waals surface area (Å²) in [6.07, 6.45) is 1.25. The fourth-order valence-electron chi connectivity index (χ4n) is 0.538. The summed E-state index contributed by atoms with van der Waals surface area (Å²) in [5.74, 6) is 0.944. The summed E-state index contributed by atoms with van der Waals surface area (Å²) in [6.45, 7) is 0. The summed E-state index contributed by atoms with van der Waals surface area (Å²) in [5, 5.41) is 3.55. The molecule has 0 aliphatic rings. The largest absolute Gasteiger partial charge is 0.342 e. The second kappa shape index (κ2) is 2.14. The van der Waals surface area contributed by atoms with E-state index in [1.54, 1.807) is 5.51 Å². The van der Waals surface area contributed by atoms with Crippen LogP contribution >= 0.6 is 11.5 Å². The molecule has 0 aliphatic heterocycles. The van der Waals surface area contributed by atoms with Gasteiger partial charge in [-0.3, -0.25) is 0 Å². The van der Waals surface area contributed by atoms with Gasteiger partial charge in [-0.05, 0) is 11.5 Å². The van der Waals surface area contributed by atoms with Crippen LogP contribution in [0.4, 0.5) is 0 Å². The van der Waals surface area contributed by atoms with Crippen molar-refractivity contribution in [2.45, 2.75) is 0 Å². The van der Waals surface area contributed by atoms with Crippen LogP contribution in [0.2, 0.25) is 0 Å². The third-order valence-corrected chi connectivity index (χ3v) is 1.40. The van der Waals surface area contributed by atoms with Gasteiger partial charge in [-0.15, -0.1) is 0 Å². The van der Waals surface area contributed by atoms with Gasteiger partial charge in [-0.1, -0.05) is 5.16 Å². The van der Waals surface area contributed by atoms with Crippen molar-refractivity contribution in [3.63, 3.8) is 0 Å². The molecule has 0 amide bonds. The lowest BCUT2D eigenvalue weighted by Gasteiger charge is -1.77. The molecule has 50 valence electrons. The fraction of sp³-hybridized carbons (Fsp3) is 0. The first-order valence-electron chi connectivity index (χ1n) is 2.50. The minimum Gasteiger partial charge on any atom is -0.342 e. The highest BCUT2D eigenvalue weighted by atomic mass is 32.1. The van der Waals surface area contributed by atoms with Crippen LogP contribution in [0.25, 0.3) is 11.6 Å². The van der Waals surface area contributed by atoms with Crippen molar-refractivity contribution in [1.82, 2.24) is 19.5 Å². The van der Waals surface area contributed by atoms with Gasteiger partial charge in [-0.25, -0.2) is 4.98 Å². The van der Waals surface area contributed by atoms with Gasteiger partial charge in [0.05, 0.1) is 0 Å². The number of hydrogen-bond donors (Lipinski definition) is 0. The van der Waals surface area contributed by atoms with Crippen LogP contribution in [0.5, 0.6) is 0 Å². The monoisotopic (exact) mass is 154 g/mol. The first-order chi connectivity index (χ1) is 4.97. The maximum atomic E-state index is 4.50. The van der Waals surface area contributed by atoms with Gasteiger partial charge >= 0.3 is 0 Å². The Kier molecular flexibility index (Phi) is 1.17. The molecule has 0 atom stereocenters. The zero-order chi connectivity index (χ0) is 6.81. The highest BCUT2D eigenvalue weighted by Gasteiger charge is 2.04. The first kappa shape index (κ1) is 5.48. The Bertz CT molecular complexity index is 257. The van der Waals surface area contributed by atoms with Crippen LogP contribution in [0.1, 0.15) is 0 Å². The van der Waals surface area contributed by atoms with E-state index in [1.165, 1.54) is 17.9 Å². The zero-order valence-corrected chi connectivity index (χ0v) is 5.58. The van der Waals surface area contributed by atoms with Crippen LogP contribution in [-0.4, -0.2) is 19.5 Å². The number of aromatic nitrogens is 4. The van der Waals surface area contributed by atoms with Gasteiger partial charge in [0.1, 0.15) is 5.51 Å². The van der Waals surface area contributed by atoms with Crippen LogP contribution < -0.4 is 0 Å². The van der Waals surface area contributed by atoms with Crippen molar-refractivity contribution in [3.05, 3.63) is 11.9 Å². The molecule has 2 rings (SSSR count). The molecule has 0 N–H and O–H groups in total. The minimum atomic E-state index is 0.432. The second-order valence-corrected chi connectivity index (χ2v) is 2.11. The maximum Gasteiger partial charge on any atom is 0.241 e. The van der Waals surface area contributed by atoms with Crippen molar-refractivity contribution >= 4 is 11.5 Å². The number of hydrogen-bond acceptors (Lipinski definition) is 6. The number of nitrogens with zero attached hydrogens (tertiary/aromatic N) is 4. The zero-order valence-electron chi connectivity index (χ0n) is 4.76. The highest BCUT2D eigenvalue weighted by molar-refractivity contribution is 7.03. The smallest absolute Gasteiger partial charge is 0.241 e. The molecule has 0 aromatic carbocycles. The molecule has 0 unspecified atom stereocenters. The van der Waals surface area contributed by atoms with E-state index in [9.17, 15) is 0 Å². The van der Waals surface area contributed by atoms with Crippen LogP contribution in [0.3, 0.4) is 0 Å². The van der Waals surface area contributed by atoms with E-state index >= 15 is 0 Å². The average Bonchev–Trinajstić information content (AvgIpc) is 2.59. The van der Waals surface area contributed by atoms with Crippen molar-refractivity contribution < 1.29 is 4.52 Å². The van der Waals surface area contributed by atoms with E-state index in [-0.39, 0.29) is 0 Å². The fourth-order valence-corrected chi connectivity index (χ4v) is 0.961. The summed E-state index contributed by atoms with van der Waals surface area (Å²) in [7, 11) is 0. The molecule has 0 aliphatic carbocycles. The number of rotatable bonds is 1. The van der Waals surface area contributed by atoms with Crippen molar-refractivity contribution in [2.24, 2.45) is 0 Å². The molecular formula is C4H2N4OS. The van der Waals surface area contributed by atoms with Gasteiger partial charge in [0.15, 0.2) is 0 Å². The third kappa shape index (κ3) is 0.781. The molecule has 6 heteroatoms. The maximum absolute atomic E-state index is 4.50. The SMILES string of the molecule is c1nc(-c2ncsn2)no1. The van der Waals surface area contributed by atoms with Crippen LogP contribution in [-0.2, 0) is 0 Å². The molecule has 0 fully saturated rings. The minimum absolute atomic E-state index is 0.432. The predicted octanol–water partition coefficient (Wildman–Crippen LogP) is 0.588. The summed E-state index contributed by atoms with van der Waals surface area (Å²) >= 11 is 1.26. The van der Waals surface area contributed by atoms with E-state index in [1.807, 2.05) is 0 Å². The van der Waals surface area contributed by atoms with Gasteiger partial charge in [-0.2, -0.15) is 9.36 Å². The molecule has 2 aromatic heterocycles. The Balaban J connectivity index is 2.48. The van der Waals surface area contributed by atoms with Gasteiger partial charge in [0, 0.05) is 0 Å². The lowest BCUT2D eigenvalue weighted by molar-refractivity contribution is 0.418. The first-order valence-corrected chi connectivity index (χ1v) is 3.33. The normalized spacial score (nSPS) is 10.0. The van der Waals surface area contributed by atoms with E-state index < -0.39 is 0 Å². The Labute approximate surface area is 59.9 Å². The molecule has 0 spiro atoms. The molecule has 5 nitrogen and oxygen atoms in total. The standard InChI is InChI=1S/C4H2N4OS/c1-5-3(7-9-1)4-6-2-10-8-4/h1-2H. The average molecular weight is 154 g/mol. The van der Waals surface area contributed by atoms with E-state index in [2.05, 4.69) is 24.0 Å². The molecule has 0 saturated carbocycles. The summed E-state index contributed by atoms with van der Waals surface area (Å²) in [6, 6.07) is 0. The molecule has 2 heterocycles. The summed E-state index contributed by atoms with van der Waals surface area (Å²) < 4.78 is 8.41. The Morgan fingerprint density at radius 3 is 2.90 bits per heavy atom. The lowest BCUT2D eigenvalue weighted by Crippen LogP contribution is -1.80. The Morgan fingerprint density at radius 2 is 2.30 bits per heavy atom. The van der Waals surface area contributed by atoms with E-state index in [0.717, 1.165) is 0 Å². The topological polar surface area (TPSA) is 64.7 Å². The van der Waals surface area contributed by atoms with Crippen molar-refractivity contribution in [1.29, 1.82) is 0 Å². The van der Waals surface area contributed by atoms with Crippen molar-refractivity contribution in [2.75, 3.05) is 0 Å². The van der Waals surface area contributed by atoms with E-state index in [0.29, 0.717) is 11.6 Å². The molecule has 0 radical (unpaired) electrons. The predicted molar refractivity (Wildman–Crippen MR) is 33.2 cm³/mol. The molecule has 0 saturated heterocycles. The Hall–Kier alpha value is -1.30. The van der Waals surface area contributed by atoms with Crippen molar-refractivity contribution in [3.8, 4) is 11.6 Å². The highest BCUT2D eigenvalue weighted by Crippen LogP contribution is 2.07. The lowest BCUT2D eigenvalue weighted by atomic mass is 10.6. The quantitative estimate of drug-likeness (QED) is 0.601. The van der Waals surface area contributed by atoms with Gasteiger partial charge in [0.25, 0.3) is 0 Å². The molecular weight excluding hydrogens is 152 g/mol. The second-order valence-electron chi connectivity index (χ2n) is 1.51. The summed E-state index contributed by atoms with van der Waals surface area (Å²) in [4.78, 5) is 7.64. The Morgan fingerprint density at radius 1 is 1.30 bits per heavy atom. The summed E-state index contributed by atoms with van der Waals surface area (Å²) in [5.41, 5.74) is 1.62. The van der Waals surface area contributed by atoms with E-state index in [4.69, 9.17) is 0 Å². The van der Waals surface area contributed by atoms with Crippen LogP contribution in [0, 0.1) is 0 Å². The van der Waals surface area contributed by atoms with Gasteiger partial charge < -0.3 is 4.52 Å². The molecule has 2 aromatic rings. The molecule has 0 bridgehead atoms. The van der Waals surface area contributed by atoms with Crippen LogP contribution in [0.15, 0.2) is 16.4 Å². The molecule has 10 heavy (non-hydrogen) atoms. The van der Waals surface area contributed by atoms with Gasteiger partial charge in [0.2, 0.25) is 18.0 Å².